The van der Waals surface area contributed by atoms with Crippen LogP contribution >= 0.6 is 11.6 Å². The molecule has 0 radical (unpaired) electrons. The summed E-state index contributed by atoms with van der Waals surface area (Å²) in [6.07, 6.45) is -1.38. The van der Waals surface area contributed by atoms with Gasteiger partial charge in [0.1, 0.15) is 0 Å². The first-order valence-corrected chi connectivity index (χ1v) is 5.56. The van der Waals surface area contributed by atoms with Gasteiger partial charge in [-0.25, -0.2) is 18.4 Å². The van der Waals surface area contributed by atoms with Crippen LogP contribution in [-0.4, -0.2) is 24.0 Å². The van der Waals surface area contributed by atoms with Crippen molar-refractivity contribution in [3.8, 4) is 0 Å². The third-order valence-corrected chi connectivity index (χ3v) is 2.44. The molecule has 3 amide bonds. The van der Waals surface area contributed by atoms with Gasteiger partial charge in [-0.2, -0.15) is 0 Å². The lowest BCUT2D eigenvalue weighted by Gasteiger charge is -2.12. The van der Waals surface area contributed by atoms with Gasteiger partial charge in [0.2, 0.25) is 0 Å². The number of rotatable bonds is 3. The quantitative estimate of drug-likeness (QED) is 0.650. The Bertz CT molecular complexity index is 580. The molecule has 3 N–H and O–H groups in total. The number of carbonyl (C=O) groups is 3. The zero-order valence-electron chi connectivity index (χ0n) is 10.1. The Morgan fingerprint density at radius 3 is 2.40 bits per heavy atom. The number of urea groups is 1. The van der Waals surface area contributed by atoms with Gasteiger partial charge in [0.25, 0.3) is 5.91 Å². The highest BCUT2D eigenvalue weighted by Gasteiger charge is 2.22. The normalized spacial score (nSPS) is 11.6. The molecule has 0 aliphatic heterocycles. The van der Waals surface area contributed by atoms with Crippen LogP contribution < -0.4 is 11.1 Å². The van der Waals surface area contributed by atoms with Crippen LogP contribution in [0.5, 0.6) is 0 Å². The second kappa shape index (κ2) is 6.29. The zero-order chi connectivity index (χ0) is 15.4. The summed E-state index contributed by atoms with van der Waals surface area (Å²) in [5.41, 5.74) is 4.26. The third kappa shape index (κ3) is 3.89. The van der Waals surface area contributed by atoms with Gasteiger partial charge in [-0.15, -0.1) is 0 Å². The molecule has 0 aromatic heterocycles. The van der Waals surface area contributed by atoms with Gasteiger partial charge in [0, 0.05) is 0 Å². The van der Waals surface area contributed by atoms with Crippen molar-refractivity contribution in [2.24, 2.45) is 5.73 Å². The molecule has 0 spiro atoms. The molecule has 1 rings (SSSR count). The Hall–Kier alpha value is -2.22. The first kappa shape index (κ1) is 15.8. The second-order valence-electron chi connectivity index (χ2n) is 3.65. The van der Waals surface area contributed by atoms with Crippen molar-refractivity contribution < 1.29 is 27.9 Å². The monoisotopic (exact) mass is 306 g/mol. The van der Waals surface area contributed by atoms with Crippen molar-refractivity contribution >= 4 is 29.5 Å². The molecule has 0 saturated carbocycles. The SMILES string of the molecule is C[C@H](OC(=O)c1cc(F)c(F)cc1Cl)C(=O)NC(N)=O. The van der Waals surface area contributed by atoms with Crippen molar-refractivity contribution in [3.63, 3.8) is 0 Å². The Morgan fingerprint density at radius 1 is 1.30 bits per heavy atom. The summed E-state index contributed by atoms with van der Waals surface area (Å²) >= 11 is 5.56. The van der Waals surface area contributed by atoms with Gasteiger partial charge >= 0.3 is 12.0 Å². The van der Waals surface area contributed by atoms with E-state index in [2.05, 4.69) is 4.74 Å². The minimum Gasteiger partial charge on any atom is -0.449 e. The molecule has 0 aliphatic rings. The summed E-state index contributed by atoms with van der Waals surface area (Å²) in [6.45, 7) is 1.16. The summed E-state index contributed by atoms with van der Waals surface area (Å²) in [7, 11) is 0. The molecule has 108 valence electrons. The summed E-state index contributed by atoms with van der Waals surface area (Å²) < 4.78 is 30.5. The lowest BCUT2D eigenvalue weighted by Crippen LogP contribution is -2.42. The number of benzene rings is 1. The van der Waals surface area contributed by atoms with Crippen LogP contribution in [0.2, 0.25) is 5.02 Å². The van der Waals surface area contributed by atoms with Crippen LogP contribution in [0.15, 0.2) is 12.1 Å². The molecule has 0 fully saturated rings. The number of hydrogen-bond donors (Lipinski definition) is 2. The number of halogens is 3. The van der Waals surface area contributed by atoms with E-state index in [1.165, 1.54) is 0 Å². The molecule has 0 bridgehead atoms. The number of amides is 3. The van der Waals surface area contributed by atoms with Crippen molar-refractivity contribution in [3.05, 3.63) is 34.4 Å². The molecule has 1 aromatic carbocycles. The number of esters is 1. The number of hydrogen-bond acceptors (Lipinski definition) is 4. The predicted molar refractivity (Wildman–Crippen MR) is 64.0 cm³/mol. The van der Waals surface area contributed by atoms with Crippen LogP contribution in [0.3, 0.4) is 0 Å². The van der Waals surface area contributed by atoms with E-state index in [4.69, 9.17) is 17.3 Å². The highest BCUT2D eigenvalue weighted by molar-refractivity contribution is 6.33. The molecule has 1 atom stereocenters. The van der Waals surface area contributed by atoms with E-state index in [1.807, 2.05) is 0 Å². The minimum atomic E-state index is -1.38. The highest BCUT2D eigenvalue weighted by atomic mass is 35.5. The number of nitrogens with one attached hydrogen (secondary N) is 1. The third-order valence-electron chi connectivity index (χ3n) is 2.13. The second-order valence-corrected chi connectivity index (χ2v) is 4.05. The first-order chi connectivity index (χ1) is 9.22. The smallest absolute Gasteiger partial charge is 0.340 e. The average molecular weight is 307 g/mol. The fraction of sp³-hybridized carbons (Fsp3) is 0.182. The lowest BCUT2D eigenvalue weighted by molar-refractivity contribution is -0.127. The number of carbonyl (C=O) groups excluding carboxylic acids is 3. The first-order valence-electron chi connectivity index (χ1n) is 5.18. The molecule has 0 unspecified atom stereocenters. The van der Waals surface area contributed by atoms with Crippen LogP contribution in [0.1, 0.15) is 17.3 Å². The molecule has 9 heteroatoms. The van der Waals surface area contributed by atoms with Crippen LogP contribution in [0.25, 0.3) is 0 Å². The van der Waals surface area contributed by atoms with Gasteiger partial charge in [-0.1, -0.05) is 11.6 Å². The van der Waals surface area contributed by atoms with Gasteiger partial charge in [0.05, 0.1) is 10.6 Å². The molecule has 1 aromatic rings. The Kier molecular flexibility index (Phi) is 4.98. The van der Waals surface area contributed by atoms with Gasteiger partial charge in [-0.3, -0.25) is 10.1 Å². The molecule has 20 heavy (non-hydrogen) atoms. The van der Waals surface area contributed by atoms with E-state index in [1.54, 1.807) is 5.32 Å². The Balaban J connectivity index is 2.84. The summed E-state index contributed by atoms with van der Waals surface area (Å²) in [6, 6.07) is 0.0177. The number of primary amides is 1. The summed E-state index contributed by atoms with van der Waals surface area (Å²) in [5, 5.41) is 1.31. The fourth-order valence-electron chi connectivity index (χ4n) is 1.18. The van der Waals surface area contributed by atoms with E-state index in [9.17, 15) is 23.2 Å². The maximum absolute atomic E-state index is 13.0. The summed E-state index contributed by atoms with van der Waals surface area (Å²) in [4.78, 5) is 33.4. The lowest BCUT2D eigenvalue weighted by atomic mass is 10.2. The van der Waals surface area contributed by atoms with Crippen LogP contribution in [0, 0.1) is 11.6 Å². The molecule has 0 saturated heterocycles. The van der Waals surface area contributed by atoms with Gasteiger partial charge in [-0.05, 0) is 19.1 Å². The predicted octanol–water partition coefficient (Wildman–Crippen LogP) is 1.36. The number of imide groups is 1. The maximum atomic E-state index is 13.0. The standard InChI is InChI=1S/C11H9ClF2N2O4/c1-4(9(17)16-11(15)19)20-10(18)5-2-7(13)8(14)3-6(5)12/h2-4H,1H3,(H3,15,16,17,19)/t4-/m0/s1. The fourth-order valence-corrected chi connectivity index (χ4v) is 1.41. The van der Waals surface area contributed by atoms with Crippen molar-refractivity contribution in [1.29, 1.82) is 0 Å². The van der Waals surface area contributed by atoms with Crippen molar-refractivity contribution in [2.75, 3.05) is 0 Å². The molecule has 0 heterocycles. The van der Waals surface area contributed by atoms with E-state index in [-0.39, 0.29) is 5.02 Å². The van der Waals surface area contributed by atoms with Gasteiger partial charge < -0.3 is 10.5 Å². The molecule has 6 nitrogen and oxygen atoms in total. The van der Waals surface area contributed by atoms with E-state index in [0.29, 0.717) is 12.1 Å². The van der Waals surface area contributed by atoms with Crippen LogP contribution in [0.4, 0.5) is 13.6 Å². The molecular weight excluding hydrogens is 298 g/mol. The minimum absolute atomic E-state index is 0.378. The summed E-state index contributed by atoms with van der Waals surface area (Å²) in [5.74, 6) is -4.65. The highest BCUT2D eigenvalue weighted by Crippen LogP contribution is 2.21. The number of ether oxygens (including phenoxy) is 1. The Morgan fingerprint density at radius 2 is 1.85 bits per heavy atom. The van der Waals surface area contributed by atoms with E-state index >= 15 is 0 Å². The largest absolute Gasteiger partial charge is 0.449 e. The van der Waals surface area contributed by atoms with Crippen LogP contribution in [-0.2, 0) is 9.53 Å². The number of nitrogens with two attached hydrogens (primary N) is 1. The maximum Gasteiger partial charge on any atom is 0.340 e. The van der Waals surface area contributed by atoms with E-state index < -0.39 is 41.2 Å². The molecule has 0 aliphatic carbocycles. The van der Waals surface area contributed by atoms with E-state index in [0.717, 1.165) is 6.92 Å². The average Bonchev–Trinajstić information content (AvgIpc) is 2.32. The van der Waals surface area contributed by atoms with Crippen molar-refractivity contribution in [1.82, 2.24) is 5.32 Å². The zero-order valence-corrected chi connectivity index (χ0v) is 10.8. The topological polar surface area (TPSA) is 98.5 Å². The van der Waals surface area contributed by atoms with Crippen molar-refractivity contribution in [2.45, 2.75) is 13.0 Å². The Labute approximate surface area is 116 Å². The molecular formula is C11H9ClF2N2O4. The van der Waals surface area contributed by atoms with Gasteiger partial charge in [0.15, 0.2) is 17.7 Å².